The summed E-state index contributed by atoms with van der Waals surface area (Å²) in [5.74, 6) is -2.27. The molecule has 4 rings (SSSR count). The number of aliphatic hydroxyl groups is 11. The van der Waals surface area contributed by atoms with Crippen LogP contribution in [0, 0.1) is 0 Å². The lowest BCUT2D eigenvalue weighted by Crippen LogP contribution is -2.65. The predicted molar refractivity (Wildman–Crippen MR) is 262 cm³/mol. The van der Waals surface area contributed by atoms with Gasteiger partial charge in [-0.1, -0.05) is 26.7 Å². The van der Waals surface area contributed by atoms with Crippen LogP contribution in [-0.4, -0.2) is 281 Å². The van der Waals surface area contributed by atoms with Crippen LogP contribution in [0.15, 0.2) is 0 Å². The summed E-state index contributed by atoms with van der Waals surface area (Å²) < 4.78 is 44.4. The zero-order valence-corrected chi connectivity index (χ0v) is 43.8. The van der Waals surface area contributed by atoms with Crippen molar-refractivity contribution in [3.63, 3.8) is 0 Å². The van der Waals surface area contributed by atoms with E-state index < -0.39 is 161 Å². The molecule has 5 amide bonds. The third kappa shape index (κ3) is 23.3. The summed E-state index contributed by atoms with van der Waals surface area (Å²) >= 11 is 0. The zero-order valence-electron chi connectivity index (χ0n) is 43.8. The Bertz CT molecular complexity index is 1710. The van der Waals surface area contributed by atoms with E-state index >= 15 is 0 Å². The van der Waals surface area contributed by atoms with Crippen molar-refractivity contribution in [2.75, 3.05) is 85.5 Å². The van der Waals surface area contributed by atoms with E-state index in [1.54, 1.807) is 0 Å². The maximum Gasteiger partial charge on any atom is 0.234 e. The van der Waals surface area contributed by atoms with Gasteiger partial charge in [0, 0.05) is 45.6 Å². The van der Waals surface area contributed by atoms with Crippen LogP contribution < -0.4 is 27.0 Å². The monoisotopic (exact) mass is 1120 g/mol. The van der Waals surface area contributed by atoms with Gasteiger partial charge < -0.3 is 121 Å². The molecule has 0 aliphatic carbocycles. The number of hydrogen-bond donors (Lipinski definition) is 16. The molecule has 0 bridgehead atoms. The third-order valence-electron chi connectivity index (χ3n) is 12.6. The highest BCUT2D eigenvalue weighted by molar-refractivity contribution is 5.84. The molecular weight excluding hydrogens is 1030 g/mol. The van der Waals surface area contributed by atoms with Crippen LogP contribution in [0.25, 0.3) is 0 Å². The number of carbonyl (C=O) groups excluding carboxylic acids is 5. The Morgan fingerprint density at radius 2 is 0.987 bits per heavy atom. The molecule has 0 saturated carbocycles. The summed E-state index contributed by atoms with van der Waals surface area (Å²) in [7, 11) is 0. The summed E-state index contributed by atoms with van der Waals surface area (Å²) in [4.78, 5) is 63.8. The van der Waals surface area contributed by atoms with E-state index in [9.17, 15) is 80.1 Å². The molecule has 4 heterocycles. The summed E-state index contributed by atoms with van der Waals surface area (Å²) in [6, 6.07) is 0. The number of nitrogens with two attached hydrogens (primary N) is 1. The van der Waals surface area contributed by atoms with Gasteiger partial charge >= 0.3 is 0 Å². The number of ether oxygens (including phenoxy) is 8. The molecule has 448 valence electrons. The Hall–Kier alpha value is -3.45. The van der Waals surface area contributed by atoms with E-state index in [1.165, 1.54) is 4.90 Å². The van der Waals surface area contributed by atoms with E-state index in [2.05, 4.69) is 21.3 Å². The van der Waals surface area contributed by atoms with Crippen LogP contribution in [0.4, 0.5) is 0 Å². The number of nitrogens with zero attached hydrogens (tertiary/aromatic N) is 1. The minimum absolute atomic E-state index is 0.179. The number of rotatable bonds is 33. The molecule has 17 N–H and O–H groups in total. The quantitative estimate of drug-likeness (QED) is 0.0271. The molecule has 0 aromatic heterocycles. The van der Waals surface area contributed by atoms with Crippen molar-refractivity contribution in [1.82, 2.24) is 26.2 Å². The second-order valence-electron chi connectivity index (χ2n) is 18.7. The molecule has 0 radical (unpaired) electrons. The smallest absolute Gasteiger partial charge is 0.234 e. The van der Waals surface area contributed by atoms with Crippen LogP contribution in [0.3, 0.4) is 0 Å². The Morgan fingerprint density at radius 3 is 1.52 bits per heavy atom. The second-order valence-corrected chi connectivity index (χ2v) is 18.7. The molecule has 4 saturated heterocycles. The molecule has 30 heteroatoms. The standard InChI is InChI=1S/C45H80N6O24.C2H6/c46-28(55)9-3-1-5-11-47-30(57)18-51(19-31(58)48-12-6-2-4-10-29(56)49-13-16-69-42-24(54)8-7-15-68-42)20-32(59)50-14-17-70-44-40(67)41(75-45-39(66)37(64)34(61)26(22-53)73-45)35(62)27(74-44)23-71-43-38(65)36(63)33(60)25(21-52)72-43;1-2/h24-27,33-45,52-54,60-67H,1-23H2,(H2,46,55)(H,47,57)(H,48,58)(H,49,56)(H,50,59);1-2H3/t24?,25?,26?,27?,33-,34-,35-,36?,37?,38?,39?,40?,41?,42?,43+,44+,45-;/m1./s1. The molecule has 77 heavy (non-hydrogen) atoms. The maximum atomic E-state index is 13.2. The number of nitrogens with one attached hydrogen (secondary N) is 4. The minimum Gasteiger partial charge on any atom is -0.394 e. The van der Waals surface area contributed by atoms with E-state index in [1.807, 2.05) is 13.8 Å². The lowest BCUT2D eigenvalue weighted by Gasteiger charge is -2.46. The average Bonchev–Trinajstić information content (AvgIpc) is 3.40. The van der Waals surface area contributed by atoms with Crippen molar-refractivity contribution in [3.8, 4) is 0 Å². The van der Waals surface area contributed by atoms with Gasteiger partial charge in [0.25, 0.3) is 0 Å². The van der Waals surface area contributed by atoms with Crippen LogP contribution >= 0.6 is 0 Å². The first-order valence-electron chi connectivity index (χ1n) is 26.3. The van der Waals surface area contributed by atoms with Gasteiger partial charge in [0.05, 0.1) is 52.7 Å². The first-order valence-corrected chi connectivity index (χ1v) is 26.3. The second kappa shape index (κ2) is 36.7. The molecule has 4 aliphatic rings. The van der Waals surface area contributed by atoms with Gasteiger partial charge in [0.2, 0.25) is 29.5 Å². The fraction of sp³-hybridized carbons (Fsp3) is 0.894. The molecule has 11 unspecified atom stereocenters. The van der Waals surface area contributed by atoms with Crippen molar-refractivity contribution < 1.29 is 118 Å². The van der Waals surface area contributed by atoms with Gasteiger partial charge in [-0.2, -0.15) is 0 Å². The van der Waals surface area contributed by atoms with Crippen molar-refractivity contribution in [2.24, 2.45) is 5.73 Å². The van der Waals surface area contributed by atoms with Gasteiger partial charge in [-0.3, -0.25) is 28.9 Å². The van der Waals surface area contributed by atoms with E-state index in [-0.39, 0.29) is 64.6 Å². The number of unbranched alkanes of at least 4 members (excludes halogenated alkanes) is 4. The zero-order chi connectivity index (χ0) is 57.0. The van der Waals surface area contributed by atoms with Crippen molar-refractivity contribution in [3.05, 3.63) is 0 Å². The Morgan fingerprint density at radius 1 is 0.519 bits per heavy atom. The van der Waals surface area contributed by atoms with Gasteiger partial charge in [-0.15, -0.1) is 0 Å². The number of primary amides is 1. The summed E-state index contributed by atoms with van der Waals surface area (Å²) in [6.45, 7) is 1.28. The number of amides is 5. The fourth-order valence-corrected chi connectivity index (χ4v) is 8.37. The van der Waals surface area contributed by atoms with Crippen molar-refractivity contribution in [1.29, 1.82) is 0 Å². The Kier molecular flexibility index (Phi) is 32.4. The van der Waals surface area contributed by atoms with Gasteiger partial charge in [0.1, 0.15) is 79.4 Å². The third-order valence-corrected chi connectivity index (χ3v) is 12.6. The lowest BCUT2D eigenvalue weighted by atomic mass is 9.96. The van der Waals surface area contributed by atoms with E-state index in [0.29, 0.717) is 51.6 Å². The lowest BCUT2D eigenvalue weighted by molar-refractivity contribution is -0.366. The predicted octanol–water partition coefficient (Wildman–Crippen LogP) is -7.64. The molecule has 30 nitrogen and oxygen atoms in total. The van der Waals surface area contributed by atoms with Crippen LogP contribution in [0.1, 0.15) is 78.1 Å². The van der Waals surface area contributed by atoms with Gasteiger partial charge in [0.15, 0.2) is 25.2 Å². The average molecular weight is 1120 g/mol. The first-order chi connectivity index (χ1) is 36.8. The highest BCUT2D eigenvalue weighted by Crippen LogP contribution is 2.31. The van der Waals surface area contributed by atoms with E-state index in [4.69, 9.17) is 43.6 Å². The SMILES string of the molecule is CC.NC(=O)CCCCCNC(=O)CN(CC(=O)NCCCCCC(=O)NCCOC1OCCCC1O)CC(=O)NCCO[C@H]1OC(CO[C@H]2OC(CO)[C@@H](O)C(O)C2O)[C@@H](O)C(O[C@H]2OC(CO)[C@@H](O)C(O)C2O)C1O. The number of aliphatic hydroxyl groups excluding tert-OH is 11. The minimum atomic E-state index is -1.96. The largest absolute Gasteiger partial charge is 0.394 e. The Labute approximate surface area is 446 Å². The molecule has 0 aromatic carbocycles. The van der Waals surface area contributed by atoms with Crippen molar-refractivity contribution in [2.45, 2.75) is 183 Å². The first kappa shape index (κ1) is 67.8. The molecule has 0 aromatic rings. The Balaban J connectivity index is 0.00000771. The maximum absolute atomic E-state index is 13.2. The molecular formula is C47H86N6O24. The summed E-state index contributed by atoms with van der Waals surface area (Å²) in [6.07, 6.45) is -22.5. The van der Waals surface area contributed by atoms with E-state index in [0.717, 1.165) is 6.42 Å². The van der Waals surface area contributed by atoms with Crippen LogP contribution in [0.2, 0.25) is 0 Å². The molecule has 4 aliphatic heterocycles. The highest BCUT2D eigenvalue weighted by atomic mass is 16.8. The van der Waals surface area contributed by atoms with Gasteiger partial charge in [-0.25, -0.2) is 0 Å². The van der Waals surface area contributed by atoms with Crippen LogP contribution in [0.5, 0.6) is 0 Å². The summed E-state index contributed by atoms with van der Waals surface area (Å²) in [5, 5.41) is 125. The molecule has 0 spiro atoms. The van der Waals surface area contributed by atoms with Gasteiger partial charge in [-0.05, 0) is 38.5 Å². The highest BCUT2D eigenvalue weighted by Gasteiger charge is 2.52. The topological polar surface area (TPSA) is 459 Å². The number of hydrogen-bond acceptors (Lipinski definition) is 25. The molecule has 17 atom stereocenters. The molecule has 4 fully saturated rings. The number of carbonyl (C=O) groups is 5. The normalized spacial score (nSPS) is 32.4. The summed E-state index contributed by atoms with van der Waals surface area (Å²) in [5.41, 5.74) is 5.18. The van der Waals surface area contributed by atoms with Crippen molar-refractivity contribution >= 4 is 29.5 Å². The van der Waals surface area contributed by atoms with Crippen LogP contribution in [-0.2, 0) is 61.9 Å². The fourth-order valence-electron chi connectivity index (χ4n) is 8.37.